The van der Waals surface area contributed by atoms with Crippen LogP contribution in [-0.4, -0.2) is 157 Å². The maximum atomic E-state index is 16.2. The van der Waals surface area contributed by atoms with Crippen LogP contribution >= 0.6 is 0 Å². The molecule has 0 fully saturated rings. The summed E-state index contributed by atoms with van der Waals surface area (Å²) in [5, 5.41) is 0. The van der Waals surface area contributed by atoms with Crippen LogP contribution in [0, 0.1) is 0 Å². The molecule has 1 radical (unpaired) electrons. The van der Waals surface area contributed by atoms with Gasteiger partial charge in [0.1, 0.15) is 0 Å². The third-order valence-electron chi connectivity index (χ3n) is 9.30. The van der Waals surface area contributed by atoms with Crippen molar-refractivity contribution in [1.82, 2.24) is 0 Å². The summed E-state index contributed by atoms with van der Waals surface area (Å²) in [5.74, 6) is -165. The Balaban J connectivity index is 11.0. The molecule has 0 aliphatic carbocycles. The van der Waals surface area contributed by atoms with Crippen molar-refractivity contribution in [2.75, 3.05) is 0 Å². The van der Waals surface area contributed by atoms with Crippen LogP contribution in [-0.2, 0) is 0 Å². The zero-order valence-corrected chi connectivity index (χ0v) is 34.6. The zero-order chi connectivity index (χ0) is 63.6. The number of hydrogen-bond acceptors (Lipinski definition) is 0. The predicted molar refractivity (Wildman–Crippen MR) is 128 cm³/mol. The number of rotatable bonds is 18. The summed E-state index contributed by atoms with van der Waals surface area (Å²) in [4.78, 5) is 0. The maximum absolute atomic E-state index is 16.2. The topological polar surface area (TPSA) is 0 Å². The molecule has 0 saturated heterocycles. The van der Waals surface area contributed by atoms with E-state index in [0.717, 1.165) is 0 Å². The first kappa shape index (κ1) is 73.2. The van der Waals surface area contributed by atoms with Gasteiger partial charge < -0.3 is 0 Å². The fraction of sp³-hybridized carbons (Fsp3) is 1.00. The minimum atomic E-state index is -15.7. The Bertz CT molecular complexity index is 1840. The van der Waals surface area contributed by atoms with Crippen molar-refractivity contribution in [3.05, 3.63) is 0 Å². The molecule has 52 heteroatoms. The molecular weight excluding hydrogens is 1380 g/mol. The standard InChI is InChI=1S/3C8F17.Sn/c3*9-1(3(12,13)14)2(10,11)4(15,16)5(17,18)6(19,20)7(21,22)8(23,24)25;. The van der Waals surface area contributed by atoms with Crippen LogP contribution in [0.15, 0.2) is 0 Å². The molecule has 3 unspecified atom stereocenters. The molecule has 0 aromatic rings. The second-order valence-corrected chi connectivity index (χ2v) is 22.0. The summed E-state index contributed by atoms with van der Waals surface area (Å²) >= 11 is -15.7. The Morgan fingerprint density at radius 1 is 0.105 bits per heavy atom. The Kier molecular flexibility index (Phi) is 17.0. The number of halogens is 51. The van der Waals surface area contributed by atoms with E-state index in [1.165, 1.54) is 0 Å². The molecule has 0 amide bonds. The first-order chi connectivity index (χ1) is 31.6. The Morgan fingerprint density at radius 2 is 0.197 bits per heavy atom. The van der Waals surface area contributed by atoms with E-state index in [2.05, 4.69) is 0 Å². The van der Waals surface area contributed by atoms with Gasteiger partial charge in [-0.3, -0.25) is 0 Å². The third kappa shape index (κ3) is 8.42. The van der Waals surface area contributed by atoms with Crippen molar-refractivity contribution in [3.63, 3.8) is 0 Å². The van der Waals surface area contributed by atoms with E-state index in [4.69, 9.17) is 0 Å². The Morgan fingerprint density at radius 3 is 0.289 bits per heavy atom. The first-order valence-electron chi connectivity index (χ1n) is 15.6. The molecule has 76 heavy (non-hydrogen) atoms. The third-order valence-corrected chi connectivity index (χ3v) is 20.3. The van der Waals surface area contributed by atoms with Gasteiger partial charge in [0, 0.05) is 0 Å². The molecule has 0 spiro atoms. The average molecular weight is 1380 g/mol. The number of hydrogen-bond donors (Lipinski definition) is 0. The Labute approximate surface area is 381 Å². The second-order valence-electron chi connectivity index (χ2n) is 14.0. The average Bonchev–Trinajstić information content (AvgIpc) is 3.13. The summed E-state index contributed by atoms with van der Waals surface area (Å²) in [7, 11) is 0. The van der Waals surface area contributed by atoms with Gasteiger partial charge in [-0.1, -0.05) is 0 Å². The normalized spacial score (nSPS) is 19.4. The van der Waals surface area contributed by atoms with Crippen molar-refractivity contribution in [3.8, 4) is 0 Å². The summed E-state index contributed by atoms with van der Waals surface area (Å²) in [6.45, 7) is 0. The van der Waals surface area contributed by atoms with Crippen LogP contribution in [0.2, 0.25) is 0 Å². The van der Waals surface area contributed by atoms with E-state index < -0.39 is 157 Å². The van der Waals surface area contributed by atoms with Crippen molar-refractivity contribution in [2.24, 2.45) is 0 Å². The molecule has 0 saturated carbocycles. The van der Waals surface area contributed by atoms with Gasteiger partial charge >= 0.3 is 381 Å². The second kappa shape index (κ2) is 17.6. The van der Waals surface area contributed by atoms with Crippen molar-refractivity contribution < 1.29 is 224 Å². The van der Waals surface area contributed by atoms with Crippen LogP contribution in [0.4, 0.5) is 224 Å². The van der Waals surface area contributed by atoms with Gasteiger partial charge in [0.25, 0.3) is 0 Å². The fourth-order valence-corrected chi connectivity index (χ4v) is 15.6. The molecule has 3 atom stereocenters. The van der Waals surface area contributed by atoms with E-state index in [1.807, 2.05) is 0 Å². The van der Waals surface area contributed by atoms with Crippen LogP contribution in [0.25, 0.3) is 0 Å². The zero-order valence-electron chi connectivity index (χ0n) is 31.8. The minimum absolute atomic E-state index is 9.15. The predicted octanol–water partition coefficient (Wildman–Crippen LogP) is 16.1. The van der Waals surface area contributed by atoms with E-state index in [-0.39, 0.29) is 0 Å². The Hall–Kier alpha value is -2.77. The summed E-state index contributed by atoms with van der Waals surface area (Å²) in [6.07, 6.45) is -61.4. The summed E-state index contributed by atoms with van der Waals surface area (Å²) in [5.41, 5.74) is 0. The van der Waals surface area contributed by atoms with E-state index in [0.29, 0.717) is 0 Å². The van der Waals surface area contributed by atoms with Gasteiger partial charge in [-0.2, -0.15) is 0 Å². The van der Waals surface area contributed by atoms with Crippen molar-refractivity contribution in [1.29, 1.82) is 0 Å². The molecule has 0 heterocycles. The van der Waals surface area contributed by atoms with Gasteiger partial charge in [-0.05, 0) is 0 Å². The molecule has 457 valence electrons. The fourth-order valence-electron chi connectivity index (χ4n) is 5.10. The quantitative estimate of drug-likeness (QED) is 0.0948. The van der Waals surface area contributed by atoms with E-state index in [9.17, 15) is 184 Å². The molecule has 0 N–H and O–H groups in total. The van der Waals surface area contributed by atoms with Crippen LogP contribution in [0.5, 0.6) is 0 Å². The van der Waals surface area contributed by atoms with Gasteiger partial charge in [-0.15, -0.1) is 0 Å². The molecule has 0 bridgehead atoms. The van der Waals surface area contributed by atoms with E-state index in [1.54, 1.807) is 0 Å². The van der Waals surface area contributed by atoms with Crippen LogP contribution < -0.4 is 0 Å². The van der Waals surface area contributed by atoms with Crippen LogP contribution in [0.1, 0.15) is 0 Å². The van der Waals surface area contributed by atoms with Crippen molar-refractivity contribution in [2.45, 2.75) is 137 Å². The van der Waals surface area contributed by atoms with E-state index >= 15 is 39.5 Å². The molecular formula is C24F51Sn. The van der Waals surface area contributed by atoms with Crippen molar-refractivity contribution >= 4 is 19.8 Å². The monoisotopic (exact) mass is 1380 g/mol. The molecule has 0 nitrogen and oxygen atoms in total. The summed E-state index contributed by atoms with van der Waals surface area (Å²) < 4.78 is 680. The van der Waals surface area contributed by atoms with Gasteiger partial charge in [0.15, 0.2) is 0 Å². The van der Waals surface area contributed by atoms with Gasteiger partial charge in [-0.25, -0.2) is 0 Å². The van der Waals surface area contributed by atoms with Gasteiger partial charge in [0.05, 0.1) is 0 Å². The molecule has 0 rings (SSSR count). The molecule has 0 aliphatic heterocycles. The number of alkyl halides is 51. The van der Waals surface area contributed by atoms with Crippen LogP contribution in [0.3, 0.4) is 0 Å². The summed E-state index contributed by atoms with van der Waals surface area (Å²) in [6, 6.07) is 0. The van der Waals surface area contributed by atoms with Gasteiger partial charge in [0.2, 0.25) is 0 Å². The molecule has 0 aromatic heterocycles. The molecule has 0 aromatic carbocycles. The first-order valence-corrected chi connectivity index (χ1v) is 19.9. The molecule has 0 aliphatic rings. The SMILES string of the molecule is FC(F)(F)C(F)(F)C(F)(F)C(F)(F)C(F)(F)C(F)(F)[C](F)([Sn]([C](F)(C(F)(F)F)C(F)(F)C(F)(F)C(F)(F)C(F)(F)C(F)(F)C(F)(F)F)[C](F)(C(F)(F)F)C(F)(F)C(F)(F)C(F)(F)C(F)(F)C(F)(F)C(F)(F)F)C(F)(F)F.